The Labute approximate surface area is 191 Å². The number of nitrogens with zero attached hydrogens (tertiary/aromatic N) is 4. The van der Waals surface area contributed by atoms with Gasteiger partial charge in [0.2, 0.25) is 0 Å². The summed E-state index contributed by atoms with van der Waals surface area (Å²) in [5.41, 5.74) is 1.85. The van der Waals surface area contributed by atoms with Crippen molar-refractivity contribution < 1.29 is 14.3 Å². The van der Waals surface area contributed by atoms with Crippen LogP contribution in [0.25, 0.3) is 5.82 Å². The van der Waals surface area contributed by atoms with Crippen LogP contribution in [0.15, 0.2) is 73.3 Å². The number of amides is 1. The summed E-state index contributed by atoms with van der Waals surface area (Å²) in [6, 6.07) is 15.1. The topological polar surface area (TPSA) is 92.9 Å². The Morgan fingerprint density at radius 1 is 1.16 bits per heavy atom. The molecule has 2 aromatic carbocycles. The summed E-state index contributed by atoms with van der Waals surface area (Å²) >= 11 is -0.515. The molecule has 1 amide bonds. The minimum absolute atomic E-state index is 0.214. The molecule has 0 bridgehead atoms. The zero-order valence-corrected chi connectivity index (χ0v) is 19.1. The number of benzene rings is 2. The normalized spacial score (nSPS) is 12.2. The van der Waals surface area contributed by atoms with Crippen LogP contribution in [0.3, 0.4) is 0 Å². The molecule has 1 unspecified atom stereocenters. The van der Waals surface area contributed by atoms with E-state index in [9.17, 15) is 14.3 Å². The predicted molar refractivity (Wildman–Crippen MR) is 119 cm³/mol. The molecule has 4 rings (SSSR count). The van der Waals surface area contributed by atoms with Crippen molar-refractivity contribution in [2.45, 2.75) is 13.0 Å². The van der Waals surface area contributed by atoms with E-state index in [0.29, 0.717) is 10.4 Å². The van der Waals surface area contributed by atoms with Crippen LogP contribution < -0.4 is 14.3 Å². The summed E-state index contributed by atoms with van der Waals surface area (Å²) < 4.78 is 16.5. The molecular weight excluding hydrogens is 472 g/mol. The summed E-state index contributed by atoms with van der Waals surface area (Å²) in [5.74, 6) is -0.0441. The van der Waals surface area contributed by atoms with Crippen LogP contribution in [0.4, 0.5) is 4.39 Å². The number of aliphatic hydroxyl groups excluding tert-OH is 1. The van der Waals surface area contributed by atoms with Gasteiger partial charge in [0, 0.05) is 0 Å². The molecule has 1 radical (unpaired) electrons. The third-order valence-corrected chi connectivity index (χ3v) is 6.78. The molecular formula is C23H20AsFN5O2. The van der Waals surface area contributed by atoms with E-state index in [-0.39, 0.29) is 18.1 Å². The Morgan fingerprint density at radius 2 is 1.91 bits per heavy atom. The first-order chi connectivity index (χ1) is 15.5. The fourth-order valence-corrected chi connectivity index (χ4v) is 4.73. The van der Waals surface area contributed by atoms with Crippen LogP contribution in [0, 0.1) is 12.7 Å². The van der Waals surface area contributed by atoms with Gasteiger partial charge in [-0.2, -0.15) is 0 Å². The second-order valence-electron chi connectivity index (χ2n) is 7.05. The second kappa shape index (κ2) is 9.85. The van der Waals surface area contributed by atoms with Gasteiger partial charge in [-0.15, -0.1) is 0 Å². The Bertz CT molecular complexity index is 1210. The SMILES string of the molecule is Cc1cnc([As]c2ccc(F)cc2)nc1-n1cnc(C(=O)NC(CO)c2ccccc2)c1. The van der Waals surface area contributed by atoms with Crippen molar-refractivity contribution in [1.29, 1.82) is 0 Å². The molecule has 2 heterocycles. The number of imidazole rings is 1. The van der Waals surface area contributed by atoms with E-state index in [4.69, 9.17) is 0 Å². The monoisotopic (exact) mass is 492 g/mol. The predicted octanol–water partition coefficient (Wildman–Crippen LogP) is 1.23. The molecule has 7 nitrogen and oxygen atoms in total. The second-order valence-corrected chi connectivity index (χ2v) is 9.44. The molecule has 2 aromatic heterocycles. The van der Waals surface area contributed by atoms with E-state index in [0.717, 1.165) is 15.5 Å². The number of rotatable bonds is 7. The number of hydrogen-bond acceptors (Lipinski definition) is 5. The van der Waals surface area contributed by atoms with Crippen LogP contribution in [0.1, 0.15) is 27.7 Å². The number of carbonyl (C=O) groups is 1. The van der Waals surface area contributed by atoms with Gasteiger partial charge in [0.15, 0.2) is 0 Å². The van der Waals surface area contributed by atoms with Crippen molar-refractivity contribution >= 4 is 30.6 Å². The van der Waals surface area contributed by atoms with Crippen molar-refractivity contribution in [2.75, 3.05) is 6.61 Å². The fraction of sp³-hybridized carbons (Fsp3) is 0.130. The third-order valence-electron chi connectivity index (χ3n) is 4.74. The van der Waals surface area contributed by atoms with Crippen molar-refractivity contribution in [1.82, 2.24) is 24.8 Å². The van der Waals surface area contributed by atoms with Crippen LogP contribution in [-0.4, -0.2) is 52.9 Å². The zero-order chi connectivity index (χ0) is 22.5. The van der Waals surface area contributed by atoms with Gasteiger partial charge in [-0.1, -0.05) is 6.07 Å². The van der Waals surface area contributed by atoms with E-state index in [1.807, 2.05) is 37.3 Å². The van der Waals surface area contributed by atoms with E-state index >= 15 is 0 Å². The number of hydrogen-bond donors (Lipinski definition) is 2. The van der Waals surface area contributed by atoms with Crippen LogP contribution >= 0.6 is 0 Å². The first-order valence-electron chi connectivity index (χ1n) is 9.85. The maximum absolute atomic E-state index is 13.2. The Kier molecular flexibility index (Phi) is 6.73. The van der Waals surface area contributed by atoms with Crippen molar-refractivity contribution in [3.8, 4) is 5.82 Å². The maximum atomic E-state index is 13.2. The molecule has 161 valence electrons. The van der Waals surface area contributed by atoms with E-state index < -0.39 is 27.7 Å². The van der Waals surface area contributed by atoms with Gasteiger partial charge >= 0.3 is 185 Å². The molecule has 9 heteroatoms. The molecule has 4 aromatic rings. The van der Waals surface area contributed by atoms with Crippen LogP contribution in [0.5, 0.6) is 0 Å². The molecule has 1 atom stereocenters. The molecule has 2 N–H and O–H groups in total. The van der Waals surface area contributed by atoms with Gasteiger partial charge < -0.3 is 0 Å². The van der Waals surface area contributed by atoms with Crippen LogP contribution in [0.2, 0.25) is 0 Å². The van der Waals surface area contributed by atoms with Crippen molar-refractivity contribution in [2.24, 2.45) is 0 Å². The summed E-state index contributed by atoms with van der Waals surface area (Å²) in [7, 11) is 0. The van der Waals surface area contributed by atoms with Gasteiger partial charge in [0.05, 0.1) is 0 Å². The van der Waals surface area contributed by atoms with E-state index in [2.05, 4.69) is 20.3 Å². The number of aromatic nitrogens is 4. The molecule has 0 aliphatic carbocycles. The fourth-order valence-electron chi connectivity index (χ4n) is 3.08. The standard InChI is InChI=1S/C23H20AsFN5O2/c1-15-11-26-23(24-17-7-9-18(25)10-8-17)29-21(15)30-12-19(27-14-30)22(32)28-20(13-31)16-5-3-2-4-6-16/h2-12,14,20,31H,13H2,1H3,(H,28,32). The molecule has 0 saturated carbocycles. The van der Waals surface area contributed by atoms with Gasteiger partial charge in [0.1, 0.15) is 0 Å². The van der Waals surface area contributed by atoms with Crippen molar-refractivity contribution in [3.63, 3.8) is 0 Å². The van der Waals surface area contributed by atoms with Gasteiger partial charge in [-0.3, -0.25) is 0 Å². The van der Waals surface area contributed by atoms with Crippen LogP contribution in [-0.2, 0) is 0 Å². The van der Waals surface area contributed by atoms with Gasteiger partial charge in [0.25, 0.3) is 0 Å². The average Bonchev–Trinajstić information content (AvgIpc) is 3.31. The minimum atomic E-state index is -0.527. The molecule has 0 aliphatic heterocycles. The van der Waals surface area contributed by atoms with E-state index in [1.165, 1.54) is 18.5 Å². The third kappa shape index (κ3) is 5.10. The molecule has 0 aliphatic rings. The molecule has 32 heavy (non-hydrogen) atoms. The Hall–Kier alpha value is -3.35. The first-order valence-corrected chi connectivity index (χ1v) is 11.7. The number of carbonyl (C=O) groups excluding carboxylic acids is 1. The summed E-state index contributed by atoms with van der Waals surface area (Å²) in [6.07, 6.45) is 4.86. The summed E-state index contributed by atoms with van der Waals surface area (Å²) in [6.45, 7) is 1.65. The number of nitrogens with one attached hydrogen (secondary N) is 1. The quantitative estimate of drug-likeness (QED) is 0.379. The van der Waals surface area contributed by atoms with Crippen molar-refractivity contribution in [3.05, 3.63) is 96.0 Å². The summed E-state index contributed by atoms with van der Waals surface area (Å²) in [5, 5.41) is 12.5. The number of aryl methyl sites for hydroxylation is 1. The zero-order valence-electron chi connectivity index (χ0n) is 17.2. The van der Waals surface area contributed by atoms with Gasteiger partial charge in [-0.05, 0) is 0 Å². The molecule has 0 fully saturated rings. The van der Waals surface area contributed by atoms with E-state index in [1.54, 1.807) is 29.1 Å². The Balaban J connectivity index is 1.52. The Morgan fingerprint density at radius 3 is 2.62 bits per heavy atom. The van der Waals surface area contributed by atoms with Gasteiger partial charge in [-0.25, -0.2) is 0 Å². The first kappa shape index (κ1) is 21.9. The number of halogens is 1. The number of aliphatic hydroxyl groups is 1. The average molecular weight is 492 g/mol. The molecule has 0 saturated heterocycles. The molecule has 0 spiro atoms. The summed E-state index contributed by atoms with van der Waals surface area (Å²) in [4.78, 5) is 26.0.